The molecule has 0 fully saturated rings. The number of esters is 1. The quantitative estimate of drug-likeness (QED) is 0.382. The third-order valence-corrected chi connectivity index (χ3v) is 2.71. The zero-order chi connectivity index (χ0) is 14.7. The molecule has 2 rings (SSSR count). The number of Topliss-reactive ketones (excluding diaryl/α,β-unsaturated/α-hetero) is 1. The molecule has 0 radical (unpaired) electrons. The van der Waals surface area contributed by atoms with E-state index in [1.54, 1.807) is 25.1 Å². The number of aromatic nitrogens is 1. The SMILES string of the molecule is CCNC(=O)C(=O)c1c[nH]c2cccc(OC(C)=O)c12. The molecule has 6 heteroatoms. The summed E-state index contributed by atoms with van der Waals surface area (Å²) in [5.74, 6) is -1.59. The molecule has 104 valence electrons. The minimum absolute atomic E-state index is 0.183. The average Bonchev–Trinajstić information content (AvgIpc) is 2.82. The van der Waals surface area contributed by atoms with Crippen molar-refractivity contribution in [2.24, 2.45) is 0 Å². The number of amides is 1. The molecule has 0 spiro atoms. The maximum atomic E-state index is 12.1. The van der Waals surface area contributed by atoms with Crippen molar-refractivity contribution in [3.05, 3.63) is 30.0 Å². The van der Waals surface area contributed by atoms with Crippen molar-refractivity contribution in [1.29, 1.82) is 0 Å². The Morgan fingerprint density at radius 3 is 2.70 bits per heavy atom. The maximum Gasteiger partial charge on any atom is 0.308 e. The number of hydrogen-bond donors (Lipinski definition) is 2. The molecule has 0 aliphatic heterocycles. The van der Waals surface area contributed by atoms with E-state index >= 15 is 0 Å². The summed E-state index contributed by atoms with van der Waals surface area (Å²) in [7, 11) is 0. The van der Waals surface area contributed by atoms with Crippen LogP contribution in [0.2, 0.25) is 0 Å². The number of rotatable bonds is 4. The van der Waals surface area contributed by atoms with E-state index < -0.39 is 17.7 Å². The number of H-pyrrole nitrogens is 1. The Morgan fingerprint density at radius 1 is 1.30 bits per heavy atom. The summed E-state index contributed by atoms with van der Waals surface area (Å²) in [6.45, 7) is 3.37. The van der Waals surface area contributed by atoms with Gasteiger partial charge in [-0.05, 0) is 19.1 Å². The van der Waals surface area contributed by atoms with E-state index in [-0.39, 0.29) is 11.3 Å². The molecule has 0 unspecified atom stereocenters. The van der Waals surface area contributed by atoms with Gasteiger partial charge in [0.1, 0.15) is 5.75 Å². The van der Waals surface area contributed by atoms with Gasteiger partial charge in [0.05, 0.1) is 10.9 Å². The molecule has 6 nitrogen and oxygen atoms in total. The first-order chi connectivity index (χ1) is 9.54. The normalized spacial score (nSPS) is 10.3. The molecule has 0 aliphatic rings. The van der Waals surface area contributed by atoms with Crippen molar-refractivity contribution in [2.75, 3.05) is 6.54 Å². The molecule has 1 aromatic heterocycles. The topological polar surface area (TPSA) is 88.3 Å². The minimum Gasteiger partial charge on any atom is -0.426 e. The van der Waals surface area contributed by atoms with E-state index in [1.165, 1.54) is 13.1 Å². The molecule has 1 amide bonds. The summed E-state index contributed by atoms with van der Waals surface area (Å²) in [5.41, 5.74) is 0.805. The highest BCUT2D eigenvalue weighted by Crippen LogP contribution is 2.29. The number of aromatic amines is 1. The number of hydrogen-bond acceptors (Lipinski definition) is 4. The van der Waals surface area contributed by atoms with Crippen LogP contribution in [-0.4, -0.2) is 29.2 Å². The summed E-state index contributed by atoms with van der Waals surface area (Å²) in [5, 5.41) is 2.88. The molecule has 2 N–H and O–H groups in total. The Kier molecular flexibility index (Phi) is 3.84. The number of carbonyl (C=O) groups excluding carboxylic acids is 3. The molecule has 0 saturated carbocycles. The average molecular weight is 274 g/mol. The fourth-order valence-electron chi connectivity index (χ4n) is 1.93. The van der Waals surface area contributed by atoms with Crippen molar-refractivity contribution in [3.8, 4) is 5.75 Å². The van der Waals surface area contributed by atoms with Gasteiger partial charge in [0.2, 0.25) is 0 Å². The summed E-state index contributed by atoms with van der Waals surface area (Å²) >= 11 is 0. The first kappa shape index (κ1) is 13.8. The van der Waals surface area contributed by atoms with Crippen molar-refractivity contribution in [1.82, 2.24) is 10.3 Å². The lowest BCUT2D eigenvalue weighted by molar-refractivity contribution is -0.131. The Balaban J connectivity index is 2.51. The summed E-state index contributed by atoms with van der Waals surface area (Å²) < 4.78 is 5.07. The van der Waals surface area contributed by atoms with Gasteiger partial charge in [0.25, 0.3) is 11.7 Å². The molecule has 0 saturated heterocycles. The molecule has 2 aromatic rings. The Hall–Kier alpha value is -2.63. The summed E-state index contributed by atoms with van der Waals surface area (Å²) in [6.07, 6.45) is 1.44. The van der Waals surface area contributed by atoms with E-state index in [0.717, 1.165) is 0 Å². The predicted octanol–water partition coefficient (Wildman–Crippen LogP) is 1.41. The number of benzene rings is 1. The third kappa shape index (κ3) is 2.54. The molecule has 20 heavy (non-hydrogen) atoms. The van der Waals surface area contributed by atoms with Gasteiger partial charge in [-0.15, -0.1) is 0 Å². The second kappa shape index (κ2) is 5.56. The first-order valence-corrected chi connectivity index (χ1v) is 6.15. The Bertz CT molecular complexity index is 688. The number of ketones is 1. The van der Waals surface area contributed by atoms with Gasteiger partial charge in [-0.2, -0.15) is 0 Å². The Labute approximate surface area is 115 Å². The second-order valence-electron chi connectivity index (χ2n) is 4.16. The molecule has 0 bridgehead atoms. The van der Waals surface area contributed by atoms with Crippen molar-refractivity contribution in [2.45, 2.75) is 13.8 Å². The number of nitrogens with one attached hydrogen (secondary N) is 2. The van der Waals surface area contributed by atoms with Crippen LogP contribution in [0.25, 0.3) is 10.9 Å². The fraction of sp³-hybridized carbons (Fsp3) is 0.214. The van der Waals surface area contributed by atoms with E-state index in [1.807, 2.05) is 0 Å². The van der Waals surface area contributed by atoms with Crippen LogP contribution in [0.15, 0.2) is 24.4 Å². The van der Waals surface area contributed by atoms with Gasteiger partial charge < -0.3 is 15.0 Å². The highest BCUT2D eigenvalue weighted by molar-refractivity contribution is 6.45. The third-order valence-electron chi connectivity index (χ3n) is 2.71. The minimum atomic E-state index is -0.689. The molecule has 0 aliphatic carbocycles. The Morgan fingerprint density at radius 2 is 2.05 bits per heavy atom. The standard InChI is InChI=1S/C14H14N2O4/c1-3-15-14(19)13(18)9-7-16-10-5-4-6-11(12(9)10)20-8(2)17/h4-7,16H,3H2,1-2H3,(H,15,19). The van der Waals surface area contributed by atoms with Crippen molar-refractivity contribution in [3.63, 3.8) is 0 Å². The summed E-state index contributed by atoms with van der Waals surface area (Å²) in [6, 6.07) is 5.00. The zero-order valence-electron chi connectivity index (χ0n) is 11.1. The van der Waals surface area contributed by atoms with Crippen molar-refractivity contribution < 1.29 is 19.1 Å². The number of likely N-dealkylation sites (N-methyl/N-ethyl adjacent to an activating group) is 1. The van der Waals surface area contributed by atoms with E-state index in [0.29, 0.717) is 17.4 Å². The molecular weight excluding hydrogens is 260 g/mol. The van der Waals surface area contributed by atoms with Crippen LogP contribution < -0.4 is 10.1 Å². The van der Waals surface area contributed by atoms with Crippen LogP contribution in [0, 0.1) is 0 Å². The smallest absolute Gasteiger partial charge is 0.308 e. The van der Waals surface area contributed by atoms with Crippen molar-refractivity contribution >= 4 is 28.6 Å². The molecule has 1 aromatic carbocycles. The largest absolute Gasteiger partial charge is 0.426 e. The zero-order valence-corrected chi connectivity index (χ0v) is 11.1. The molecule has 1 heterocycles. The number of carbonyl (C=O) groups is 3. The second-order valence-corrected chi connectivity index (χ2v) is 4.16. The van der Waals surface area contributed by atoms with Gasteiger partial charge in [0.15, 0.2) is 0 Å². The lowest BCUT2D eigenvalue weighted by atomic mass is 10.1. The monoisotopic (exact) mass is 274 g/mol. The lowest BCUT2D eigenvalue weighted by Gasteiger charge is -2.05. The van der Waals surface area contributed by atoms with Crippen LogP contribution >= 0.6 is 0 Å². The fourth-order valence-corrected chi connectivity index (χ4v) is 1.93. The van der Waals surface area contributed by atoms with Crippen LogP contribution in [0.3, 0.4) is 0 Å². The number of ether oxygens (including phenoxy) is 1. The van der Waals surface area contributed by atoms with Crippen LogP contribution in [0.4, 0.5) is 0 Å². The highest BCUT2D eigenvalue weighted by atomic mass is 16.5. The first-order valence-electron chi connectivity index (χ1n) is 6.15. The maximum absolute atomic E-state index is 12.1. The predicted molar refractivity (Wildman–Crippen MR) is 72.6 cm³/mol. The van der Waals surface area contributed by atoms with Crippen LogP contribution in [0.5, 0.6) is 5.75 Å². The van der Waals surface area contributed by atoms with E-state index in [4.69, 9.17) is 4.74 Å². The van der Waals surface area contributed by atoms with Crippen LogP contribution in [0.1, 0.15) is 24.2 Å². The van der Waals surface area contributed by atoms with E-state index in [9.17, 15) is 14.4 Å². The highest BCUT2D eigenvalue weighted by Gasteiger charge is 2.21. The summed E-state index contributed by atoms with van der Waals surface area (Å²) in [4.78, 5) is 37.7. The lowest BCUT2D eigenvalue weighted by Crippen LogP contribution is -2.30. The molecule has 0 atom stereocenters. The van der Waals surface area contributed by atoms with Gasteiger partial charge in [0, 0.05) is 25.2 Å². The van der Waals surface area contributed by atoms with Gasteiger partial charge in [-0.1, -0.05) is 6.07 Å². The van der Waals surface area contributed by atoms with Gasteiger partial charge in [-0.25, -0.2) is 0 Å². The van der Waals surface area contributed by atoms with Crippen LogP contribution in [-0.2, 0) is 9.59 Å². The molecular formula is C14H14N2O4. The van der Waals surface area contributed by atoms with E-state index in [2.05, 4.69) is 10.3 Å². The number of fused-ring (bicyclic) bond motifs is 1. The van der Waals surface area contributed by atoms with Gasteiger partial charge >= 0.3 is 5.97 Å². The van der Waals surface area contributed by atoms with Gasteiger partial charge in [-0.3, -0.25) is 14.4 Å².